The minimum atomic E-state index is -1.18. The number of carbonyl (C=O) groups excluding carboxylic acids is 4. The molecule has 8 heteroatoms. The van der Waals surface area contributed by atoms with Crippen molar-refractivity contribution in [1.29, 1.82) is 0 Å². The number of likely N-dealkylation sites (N-methyl/N-ethyl adjacent to an activating group) is 1. The summed E-state index contributed by atoms with van der Waals surface area (Å²) < 4.78 is 5.34. The van der Waals surface area contributed by atoms with Crippen molar-refractivity contribution in [3.63, 3.8) is 0 Å². The van der Waals surface area contributed by atoms with Crippen LogP contribution in [0.4, 0.5) is 10.5 Å². The maximum atomic E-state index is 13.1. The summed E-state index contributed by atoms with van der Waals surface area (Å²) in [5.74, 6) is -0.249. The van der Waals surface area contributed by atoms with Gasteiger partial charge in [0.05, 0.1) is 20.1 Å². The summed E-state index contributed by atoms with van der Waals surface area (Å²) in [6.07, 6.45) is 0.465. The van der Waals surface area contributed by atoms with Gasteiger partial charge in [0, 0.05) is 24.7 Å². The highest BCUT2D eigenvalue weighted by atomic mass is 16.5. The van der Waals surface area contributed by atoms with Gasteiger partial charge in [-0.3, -0.25) is 19.3 Å². The summed E-state index contributed by atoms with van der Waals surface area (Å²) in [5, 5.41) is 2.72. The number of nitrogens with one attached hydrogen (secondary N) is 1. The number of ether oxygens (including phenoxy) is 1. The molecular formula is C23H23N3O5. The Morgan fingerprint density at radius 2 is 1.90 bits per heavy atom. The van der Waals surface area contributed by atoms with Crippen molar-refractivity contribution in [3.05, 3.63) is 59.2 Å². The SMILES string of the molecule is COc1ccccc1C[C@]1(C)NC(=O)N(CC(=O)c2ccc3c(c2)CC(=O)N3C)C1=O. The lowest BCUT2D eigenvalue weighted by Gasteiger charge is -2.22. The number of imide groups is 1. The first-order valence-corrected chi connectivity index (χ1v) is 9.92. The summed E-state index contributed by atoms with van der Waals surface area (Å²) in [7, 11) is 3.23. The molecule has 4 amide bonds. The second kappa shape index (κ2) is 7.54. The highest BCUT2D eigenvalue weighted by Crippen LogP contribution is 2.30. The number of carbonyl (C=O) groups is 4. The number of fused-ring (bicyclic) bond motifs is 1. The predicted octanol–water partition coefficient (Wildman–Crippen LogP) is 1.95. The minimum absolute atomic E-state index is 0.0409. The first-order chi connectivity index (χ1) is 14.7. The number of methoxy groups -OCH3 is 1. The van der Waals surface area contributed by atoms with Crippen molar-refractivity contribution in [2.24, 2.45) is 0 Å². The van der Waals surface area contributed by atoms with Gasteiger partial charge in [-0.05, 0) is 42.3 Å². The third-order valence-electron chi connectivity index (χ3n) is 5.86. The van der Waals surface area contributed by atoms with Crippen LogP contribution in [0.1, 0.15) is 28.4 Å². The third-order valence-corrected chi connectivity index (χ3v) is 5.86. The molecule has 2 aromatic carbocycles. The van der Waals surface area contributed by atoms with Gasteiger partial charge in [-0.2, -0.15) is 0 Å². The van der Waals surface area contributed by atoms with Crippen LogP contribution >= 0.6 is 0 Å². The molecule has 4 rings (SSSR count). The monoisotopic (exact) mass is 421 g/mol. The normalized spacial score (nSPS) is 20.2. The Hall–Kier alpha value is -3.68. The maximum absolute atomic E-state index is 13.1. The van der Waals surface area contributed by atoms with Crippen LogP contribution in [0.3, 0.4) is 0 Å². The van der Waals surface area contributed by atoms with Crippen LogP contribution in [-0.2, 0) is 22.4 Å². The zero-order valence-electron chi connectivity index (χ0n) is 17.6. The van der Waals surface area contributed by atoms with Gasteiger partial charge < -0.3 is 15.0 Å². The van der Waals surface area contributed by atoms with Crippen LogP contribution in [0.2, 0.25) is 0 Å². The summed E-state index contributed by atoms with van der Waals surface area (Å²) in [4.78, 5) is 52.8. The zero-order valence-corrected chi connectivity index (χ0v) is 17.6. The van der Waals surface area contributed by atoms with Crippen LogP contribution in [-0.4, -0.2) is 54.8 Å². The number of para-hydroxylation sites is 1. The second-order valence-corrected chi connectivity index (χ2v) is 8.04. The lowest BCUT2D eigenvalue weighted by Crippen LogP contribution is -2.46. The summed E-state index contributed by atoms with van der Waals surface area (Å²) in [6, 6.07) is 11.7. The molecule has 0 radical (unpaired) electrons. The number of nitrogens with zero attached hydrogens (tertiary/aromatic N) is 2. The van der Waals surface area contributed by atoms with E-state index < -0.39 is 17.5 Å². The highest BCUT2D eigenvalue weighted by Gasteiger charge is 2.48. The van der Waals surface area contributed by atoms with Crippen LogP contribution in [0.5, 0.6) is 5.75 Å². The molecule has 1 N–H and O–H groups in total. The Labute approximate surface area is 179 Å². The summed E-state index contributed by atoms with van der Waals surface area (Å²) >= 11 is 0. The molecule has 0 spiro atoms. The molecule has 1 fully saturated rings. The summed E-state index contributed by atoms with van der Waals surface area (Å²) in [5.41, 5.74) is 1.49. The molecule has 8 nitrogen and oxygen atoms in total. The van der Waals surface area contributed by atoms with Crippen molar-refractivity contribution < 1.29 is 23.9 Å². The fourth-order valence-electron chi connectivity index (χ4n) is 4.12. The molecule has 0 aromatic heterocycles. The lowest BCUT2D eigenvalue weighted by atomic mass is 9.92. The van der Waals surface area contributed by atoms with E-state index in [-0.39, 0.29) is 31.1 Å². The molecule has 2 heterocycles. The van der Waals surface area contributed by atoms with Gasteiger partial charge >= 0.3 is 6.03 Å². The molecule has 2 aliphatic rings. The number of benzene rings is 2. The highest BCUT2D eigenvalue weighted by molar-refractivity contribution is 6.11. The molecule has 1 saturated heterocycles. The van der Waals surface area contributed by atoms with E-state index >= 15 is 0 Å². The van der Waals surface area contributed by atoms with E-state index in [1.165, 1.54) is 0 Å². The molecule has 1 atom stereocenters. The first kappa shape index (κ1) is 20.6. The largest absolute Gasteiger partial charge is 0.496 e. The van der Waals surface area contributed by atoms with Gasteiger partial charge in [-0.25, -0.2) is 4.79 Å². The number of rotatable bonds is 6. The van der Waals surface area contributed by atoms with Gasteiger partial charge in [0.1, 0.15) is 11.3 Å². The number of ketones is 1. The molecule has 0 unspecified atom stereocenters. The van der Waals surface area contributed by atoms with E-state index in [1.54, 1.807) is 50.2 Å². The van der Waals surface area contributed by atoms with E-state index in [0.717, 1.165) is 21.7 Å². The Bertz CT molecular complexity index is 1110. The Morgan fingerprint density at radius 1 is 1.16 bits per heavy atom. The van der Waals surface area contributed by atoms with Gasteiger partial charge in [0.2, 0.25) is 5.91 Å². The minimum Gasteiger partial charge on any atom is -0.496 e. The van der Waals surface area contributed by atoms with Gasteiger partial charge in [0.15, 0.2) is 5.78 Å². The molecule has 160 valence electrons. The van der Waals surface area contributed by atoms with Gasteiger partial charge in [-0.1, -0.05) is 18.2 Å². The van der Waals surface area contributed by atoms with Crippen molar-refractivity contribution in [3.8, 4) is 5.75 Å². The van der Waals surface area contributed by atoms with Crippen molar-refractivity contribution >= 4 is 29.3 Å². The van der Waals surface area contributed by atoms with Gasteiger partial charge in [-0.15, -0.1) is 0 Å². The van der Waals surface area contributed by atoms with Crippen LogP contribution in [0.15, 0.2) is 42.5 Å². The number of anilines is 1. The molecule has 0 aliphatic carbocycles. The third kappa shape index (κ3) is 3.54. The summed E-state index contributed by atoms with van der Waals surface area (Å²) in [6.45, 7) is 1.27. The lowest BCUT2D eigenvalue weighted by molar-refractivity contribution is -0.130. The van der Waals surface area contributed by atoms with E-state index in [2.05, 4.69) is 5.32 Å². The average molecular weight is 421 g/mol. The Kier molecular flexibility index (Phi) is 5.00. The van der Waals surface area contributed by atoms with E-state index in [1.807, 2.05) is 18.2 Å². The molecular weight excluding hydrogens is 398 g/mol. The smallest absolute Gasteiger partial charge is 0.325 e. The molecule has 0 saturated carbocycles. The van der Waals surface area contributed by atoms with E-state index in [4.69, 9.17) is 4.74 Å². The van der Waals surface area contributed by atoms with Crippen LogP contribution in [0.25, 0.3) is 0 Å². The molecule has 31 heavy (non-hydrogen) atoms. The van der Waals surface area contributed by atoms with Crippen molar-refractivity contribution in [2.75, 3.05) is 25.6 Å². The number of hydrogen-bond acceptors (Lipinski definition) is 5. The topological polar surface area (TPSA) is 96.0 Å². The van der Waals surface area contributed by atoms with Gasteiger partial charge in [0.25, 0.3) is 5.91 Å². The number of amides is 4. The van der Waals surface area contributed by atoms with E-state index in [0.29, 0.717) is 11.3 Å². The molecule has 0 bridgehead atoms. The second-order valence-electron chi connectivity index (χ2n) is 8.04. The van der Waals surface area contributed by atoms with Crippen LogP contribution < -0.4 is 15.0 Å². The number of urea groups is 1. The van der Waals surface area contributed by atoms with E-state index in [9.17, 15) is 19.2 Å². The number of Topliss-reactive ketones (excluding diaryl/α,β-unsaturated/α-hetero) is 1. The molecule has 2 aromatic rings. The van der Waals surface area contributed by atoms with Crippen molar-refractivity contribution in [1.82, 2.24) is 10.2 Å². The quantitative estimate of drug-likeness (QED) is 0.568. The standard InChI is InChI=1S/C23H23N3O5/c1-23(12-15-6-4-5-7-19(15)31-3)21(29)26(22(30)24-23)13-18(27)14-8-9-17-16(10-14)11-20(28)25(17)2/h4-10H,11-13H2,1-3H3,(H,24,30)/t23-/m0/s1. The van der Waals surface area contributed by atoms with Crippen LogP contribution in [0, 0.1) is 0 Å². The zero-order chi connectivity index (χ0) is 22.3. The fraction of sp³-hybridized carbons (Fsp3) is 0.304. The maximum Gasteiger partial charge on any atom is 0.325 e. The predicted molar refractivity (Wildman–Crippen MR) is 113 cm³/mol. The Balaban J connectivity index is 1.51. The molecule has 2 aliphatic heterocycles. The first-order valence-electron chi connectivity index (χ1n) is 9.92. The average Bonchev–Trinajstić information content (AvgIpc) is 3.14. The number of hydrogen-bond donors (Lipinski definition) is 1. The van der Waals surface area contributed by atoms with Crippen molar-refractivity contribution in [2.45, 2.75) is 25.3 Å². The fourth-order valence-corrected chi connectivity index (χ4v) is 4.12. The Morgan fingerprint density at radius 3 is 2.65 bits per heavy atom.